The zero-order chi connectivity index (χ0) is 19.2. The lowest BCUT2D eigenvalue weighted by molar-refractivity contribution is -0.137. The number of nitrogens with zero attached hydrogens (tertiary/aromatic N) is 1. The first kappa shape index (κ1) is 19.6. The number of aryl methyl sites for hydroxylation is 1. The number of anilines is 1. The van der Waals surface area contributed by atoms with Crippen molar-refractivity contribution in [2.45, 2.75) is 19.2 Å². The van der Waals surface area contributed by atoms with Crippen LogP contribution in [0.3, 0.4) is 0 Å². The number of hydrogen-bond acceptors (Lipinski definition) is 3. The van der Waals surface area contributed by atoms with Gasteiger partial charge in [0.1, 0.15) is 18.5 Å². The Morgan fingerprint density at radius 1 is 1.23 bits per heavy atom. The van der Waals surface area contributed by atoms with E-state index in [1.54, 1.807) is 0 Å². The van der Waals surface area contributed by atoms with Crippen LogP contribution in [0.5, 0.6) is 5.75 Å². The first-order valence-electron chi connectivity index (χ1n) is 7.86. The van der Waals surface area contributed by atoms with Crippen LogP contribution in [0.4, 0.5) is 18.9 Å². The Hall–Kier alpha value is -2.74. The summed E-state index contributed by atoms with van der Waals surface area (Å²) in [5, 5.41) is 12.7. The van der Waals surface area contributed by atoms with Crippen LogP contribution in [0.1, 0.15) is 11.1 Å². The van der Waals surface area contributed by atoms with Crippen molar-refractivity contribution in [1.82, 2.24) is 0 Å². The van der Waals surface area contributed by atoms with Crippen LogP contribution in [0, 0.1) is 6.92 Å². The maximum absolute atomic E-state index is 12.6. The lowest BCUT2D eigenvalue weighted by Crippen LogP contribution is -2.27. The van der Waals surface area contributed by atoms with Crippen LogP contribution < -0.4 is 15.8 Å². The summed E-state index contributed by atoms with van der Waals surface area (Å²) in [5.41, 5.74) is 6.75. The fraction of sp³-hybridized carbons (Fsp3) is 0.278. The minimum absolute atomic E-state index is 0.0220. The Labute approximate surface area is 149 Å². The number of rotatable bonds is 6. The average Bonchev–Trinajstić information content (AvgIpc) is 2.58. The number of alkyl halides is 3. The highest BCUT2D eigenvalue weighted by Crippen LogP contribution is 2.31. The third-order valence-electron chi connectivity index (χ3n) is 3.37. The van der Waals surface area contributed by atoms with Crippen molar-refractivity contribution < 1.29 is 23.0 Å². The minimum Gasteiger partial charge on any atom is -0.491 e. The van der Waals surface area contributed by atoms with Crippen molar-refractivity contribution >= 4 is 11.6 Å². The van der Waals surface area contributed by atoms with E-state index in [2.05, 4.69) is 10.3 Å². The molecule has 4 N–H and O–H groups in total. The third kappa shape index (κ3) is 6.29. The molecule has 5 nitrogen and oxygen atoms in total. The van der Waals surface area contributed by atoms with Crippen LogP contribution in [-0.2, 0) is 6.18 Å². The molecule has 0 spiro atoms. The molecule has 1 unspecified atom stereocenters. The summed E-state index contributed by atoms with van der Waals surface area (Å²) in [6.45, 7) is 1.68. The molecule has 26 heavy (non-hydrogen) atoms. The van der Waals surface area contributed by atoms with Gasteiger partial charge in [-0.15, -0.1) is 0 Å². The van der Waals surface area contributed by atoms with Gasteiger partial charge in [0.25, 0.3) is 0 Å². The molecule has 2 aromatic rings. The second-order valence-corrected chi connectivity index (χ2v) is 5.71. The van der Waals surface area contributed by atoms with E-state index in [1.807, 2.05) is 31.2 Å². The molecule has 140 valence electrons. The maximum Gasteiger partial charge on any atom is 0.416 e. The molecule has 0 bridgehead atoms. The fourth-order valence-corrected chi connectivity index (χ4v) is 2.12. The summed E-state index contributed by atoms with van der Waals surface area (Å²) in [7, 11) is 0. The van der Waals surface area contributed by atoms with Crippen molar-refractivity contribution in [2.75, 3.05) is 18.5 Å². The highest BCUT2D eigenvalue weighted by atomic mass is 19.4. The Morgan fingerprint density at radius 2 is 1.96 bits per heavy atom. The topological polar surface area (TPSA) is 79.9 Å². The molecule has 0 aliphatic rings. The number of nitrogens with two attached hydrogens (primary N) is 1. The van der Waals surface area contributed by atoms with Gasteiger partial charge in [-0.2, -0.15) is 13.2 Å². The highest BCUT2D eigenvalue weighted by molar-refractivity contribution is 5.92. The Morgan fingerprint density at radius 3 is 2.65 bits per heavy atom. The zero-order valence-electron chi connectivity index (χ0n) is 14.1. The molecule has 0 heterocycles. The lowest BCUT2D eigenvalue weighted by atomic mass is 10.2. The number of benzene rings is 2. The van der Waals surface area contributed by atoms with Gasteiger partial charge >= 0.3 is 6.18 Å². The van der Waals surface area contributed by atoms with E-state index in [1.165, 1.54) is 12.1 Å². The molecular formula is C18H20F3N3O2. The van der Waals surface area contributed by atoms with Gasteiger partial charge in [-0.25, -0.2) is 0 Å². The molecule has 0 fully saturated rings. The second kappa shape index (κ2) is 8.57. The SMILES string of the molecule is Cc1cccc(NC(N)=NCC(O)COc2cccc(C(F)(F)F)c2)c1. The van der Waals surface area contributed by atoms with Gasteiger partial charge in [0.15, 0.2) is 5.96 Å². The number of hydrogen-bond donors (Lipinski definition) is 3. The summed E-state index contributed by atoms with van der Waals surface area (Å²) < 4.78 is 43.1. The van der Waals surface area contributed by atoms with Gasteiger partial charge in [-0.05, 0) is 42.8 Å². The number of ether oxygens (including phenoxy) is 1. The first-order chi connectivity index (χ1) is 12.2. The summed E-state index contributed by atoms with van der Waals surface area (Å²) in [5.74, 6) is 0.141. The average molecular weight is 367 g/mol. The number of aliphatic hydroxyl groups excluding tert-OH is 1. The van der Waals surface area contributed by atoms with Crippen molar-refractivity contribution in [1.29, 1.82) is 0 Å². The van der Waals surface area contributed by atoms with Crippen molar-refractivity contribution in [3.05, 3.63) is 59.7 Å². The van der Waals surface area contributed by atoms with Gasteiger partial charge in [-0.1, -0.05) is 18.2 Å². The molecule has 1 atom stereocenters. The van der Waals surface area contributed by atoms with Gasteiger partial charge < -0.3 is 20.9 Å². The Kier molecular flexibility index (Phi) is 6.46. The Balaban J connectivity index is 1.84. The predicted octanol–water partition coefficient (Wildman–Crippen LogP) is 3.18. The largest absolute Gasteiger partial charge is 0.491 e. The fourth-order valence-electron chi connectivity index (χ4n) is 2.12. The van der Waals surface area contributed by atoms with E-state index in [-0.39, 0.29) is 24.9 Å². The molecule has 0 aliphatic carbocycles. The van der Waals surface area contributed by atoms with Gasteiger partial charge in [-0.3, -0.25) is 4.99 Å². The minimum atomic E-state index is -4.45. The molecule has 2 rings (SSSR count). The number of aliphatic hydroxyl groups is 1. The van der Waals surface area contributed by atoms with Crippen LogP contribution in [0.2, 0.25) is 0 Å². The molecule has 8 heteroatoms. The van der Waals surface area contributed by atoms with Crippen molar-refractivity contribution in [2.24, 2.45) is 10.7 Å². The predicted molar refractivity (Wildman–Crippen MR) is 94.2 cm³/mol. The molecule has 0 amide bonds. The number of halogens is 3. The van der Waals surface area contributed by atoms with Crippen LogP contribution in [0.15, 0.2) is 53.5 Å². The molecule has 0 aromatic heterocycles. The maximum atomic E-state index is 12.6. The zero-order valence-corrected chi connectivity index (χ0v) is 14.1. The number of nitrogens with one attached hydrogen (secondary N) is 1. The Bertz CT molecular complexity index is 763. The van der Waals surface area contributed by atoms with E-state index >= 15 is 0 Å². The normalized spacial score (nSPS) is 13.3. The van der Waals surface area contributed by atoms with E-state index in [4.69, 9.17) is 10.5 Å². The molecule has 0 saturated carbocycles. The number of guanidine groups is 1. The highest BCUT2D eigenvalue weighted by Gasteiger charge is 2.30. The quantitative estimate of drug-likeness (QED) is 0.541. The van der Waals surface area contributed by atoms with E-state index in [0.717, 1.165) is 23.4 Å². The van der Waals surface area contributed by atoms with Crippen LogP contribution >= 0.6 is 0 Å². The van der Waals surface area contributed by atoms with Crippen molar-refractivity contribution in [3.8, 4) is 5.75 Å². The standard InChI is InChI=1S/C18H20F3N3O2/c1-12-4-2-6-14(8-12)24-17(22)23-10-15(25)11-26-16-7-3-5-13(9-16)18(19,20)21/h2-9,15,25H,10-11H2,1H3,(H3,22,23,24). The first-order valence-corrected chi connectivity index (χ1v) is 7.86. The summed E-state index contributed by atoms with van der Waals surface area (Å²) in [6, 6.07) is 12.0. The summed E-state index contributed by atoms with van der Waals surface area (Å²) in [4.78, 5) is 3.99. The number of aliphatic imine (C=N–C) groups is 1. The molecular weight excluding hydrogens is 347 g/mol. The smallest absolute Gasteiger partial charge is 0.416 e. The monoisotopic (exact) mass is 367 g/mol. The van der Waals surface area contributed by atoms with E-state index < -0.39 is 17.8 Å². The van der Waals surface area contributed by atoms with Crippen LogP contribution in [0.25, 0.3) is 0 Å². The van der Waals surface area contributed by atoms with Gasteiger partial charge in [0, 0.05) is 5.69 Å². The molecule has 0 saturated heterocycles. The van der Waals surface area contributed by atoms with Gasteiger partial charge in [0.2, 0.25) is 0 Å². The summed E-state index contributed by atoms with van der Waals surface area (Å²) in [6.07, 6.45) is -5.46. The van der Waals surface area contributed by atoms with Crippen molar-refractivity contribution in [3.63, 3.8) is 0 Å². The molecule has 0 aliphatic heterocycles. The third-order valence-corrected chi connectivity index (χ3v) is 3.37. The van der Waals surface area contributed by atoms with E-state index in [9.17, 15) is 18.3 Å². The van der Waals surface area contributed by atoms with E-state index in [0.29, 0.717) is 0 Å². The van der Waals surface area contributed by atoms with Crippen LogP contribution in [-0.4, -0.2) is 30.3 Å². The lowest BCUT2D eigenvalue weighted by Gasteiger charge is -2.13. The second-order valence-electron chi connectivity index (χ2n) is 5.71. The van der Waals surface area contributed by atoms with Gasteiger partial charge in [0.05, 0.1) is 12.1 Å². The summed E-state index contributed by atoms with van der Waals surface area (Å²) >= 11 is 0. The molecule has 2 aromatic carbocycles. The molecule has 0 radical (unpaired) electrons.